The van der Waals surface area contributed by atoms with Crippen molar-refractivity contribution in [3.8, 4) is 10.4 Å². The average molecular weight is 517 g/mol. The third-order valence-electron chi connectivity index (χ3n) is 5.95. The van der Waals surface area contributed by atoms with Gasteiger partial charge < -0.3 is 14.8 Å². The summed E-state index contributed by atoms with van der Waals surface area (Å²) in [5, 5.41) is 3.77. The Morgan fingerprint density at radius 3 is 2.41 bits per heavy atom. The first-order valence-electron chi connectivity index (χ1n) is 12.1. The summed E-state index contributed by atoms with van der Waals surface area (Å²) in [7, 11) is 0. The number of rotatable bonds is 8. The van der Waals surface area contributed by atoms with Gasteiger partial charge in [-0.05, 0) is 50.5 Å². The molecule has 2 aromatic heterocycles. The number of carbonyl (C=O) groups is 3. The second-order valence-electron chi connectivity index (χ2n) is 8.41. The number of amides is 1. The summed E-state index contributed by atoms with van der Waals surface area (Å²) < 4.78 is 10.8. The molecule has 7 nitrogen and oxygen atoms in total. The molecule has 8 heteroatoms. The maximum absolute atomic E-state index is 13.3. The topological polar surface area (TPSA) is 94.6 Å². The van der Waals surface area contributed by atoms with E-state index in [9.17, 15) is 14.4 Å². The zero-order chi connectivity index (χ0) is 26.5. The number of thiophene rings is 1. The van der Waals surface area contributed by atoms with Gasteiger partial charge in [-0.15, -0.1) is 11.3 Å². The lowest BCUT2D eigenvalue weighted by Gasteiger charge is -2.17. The number of carbonyl (C=O) groups excluding carboxylic acids is 3. The average Bonchev–Trinajstić information content (AvgIpc) is 3.32. The third kappa shape index (κ3) is 5.54. The summed E-state index contributed by atoms with van der Waals surface area (Å²) in [6, 6.07) is 18.6. The number of aryl methyl sites for hydroxylation is 1. The highest BCUT2D eigenvalue weighted by Gasteiger charge is 2.26. The Bertz CT molecular complexity index is 1460. The van der Waals surface area contributed by atoms with Crippen molar-refractivity contribution in [1.82, 2.24) is 4.98 Å². The molecule has 2 heterocycles. The minimum absolute atomic E-state index is 0.204. The number of para-hydroxylation sites is 1. The van der Waals surface area contributed by atoms with Crippen molar-refractivity contribution in [1.29, 1.82) is 0 Å². The number of benzene rings is 2. The van der Waals surface area contributed by atoms with Crippen LogP contribution >= 0.6 is 11.3 Å². The SMILES string of the molecule is CCOC(=O)c1cc(-c2ccccc2)sc1NC(=O)[C@H](C)OC(=O)c1c(C)c(CC)nc2ccccc12. The summed E-state index contributed by atoms with van der Waals surface area (Å²) in [6.07, 6.45) is -0.451. The van der Waals surface area contributed by atoms with Crippen LogP contribution in [0.15, 0.2) is 60.7 Å². The maximum atomic E-state index is 13.3. The lowest BCUT2D eigenvalue weighted by atomic mass is 10.0. The molecule has 4 aromatic rings. The van der Waals surface area contributed by atoms with Crippen molar-refractivity contribution >= 4 is 45.1 Å². The molecule has 0 fully saturated rings. The van der Waals surface area contributed by atoms with Crippen LogP contribution in [0.5, 0.6) is 0 Å². The van der Waals surface area contributed by atoms with E-state index in [2.05, 4.69) is 10.3 Å². The molecule has 1 N–H and O–H groups in total. The zero-order valence-corrected chi connectivity index (χ0v) is 22.0. The highest BCUT2D eigenvalue weighted by atomic mass is 32.1. The van der Waals surface area contributed by atoms with E-state index in [0.717, 1.165) is 21.7 Å². The van der Waals surface area contributed by atoms with Crippen molar-refractivity contribution in [3.63, 3.8) is 0 Å². The van der Waals surface area contributed by atoms with Gasteiger partial charge in [-0.2, -0.15) is 0 Å². The van der Waals surface area contributed by atoms with Crippen molar-refractivity contribution in [3.05, 3.63) is 83.0 Å². The number of nitrogens with one attached hydrogen (secondary N) is 1. The molecule has 0 radical (unpaired) electrons. The molecule has 2 aromatic carbocycles. The number of ether oxygens (including phenoxy) is 2. The molecule has 1 atom stereocenters. The molecule has 0 saturated carbocycles. The fourth-order valence-corrected chi connectivity index (χ4v) is 5.10. The Kier molecular flexibility index (Phi) is 7.98. The summed E-state index contributed by atoms with van der Waals surface area (Å²) >= 11 is 1.26. The van der Waals surface area contributed by atoms with E-state index >= 15 is 0 Å². The van der Waals surface area contributed by atoms with Crippen LogP contribution in [0.3, 0.4) is 0 Å². The lowest BCUT2D eigenvalue weighted by molar-refractivity contribution is -0.123. The van der Waals surface area contributed by atoms with Crippen LogP contribution in [0.2, 0.25) is 0 Å². The number of pyridine rings is 1. The highest BCUT2D eigenvalue weighted by Crippen LogP contribution is 2.36. The molecule has 190 valence electrons. The zero-order valence-electron chi connectivity index (χ0n) is 21.2. The first kappa shape index (κ1) is 26.0. The van der Waals surface area contributed by atoms with Gasteiger partial charge in [0.1, 0.15) is 5.00 Å². The van der Waals surface area contributed by atoms with Crippen LogP contribution < -0.4 is 5.32 Å². The number of anilines is 1. The summed E-state index contributed by atoms with van der Waals surface area (Å²) in [4.78, 5) is 44.4. The van der Waals surface area contributed by atoms with Gasteiger partial charge in [0.2, 0.25) is 0 Å². The van der Waals surface area contributed by atoms with E-state index in [4.69, 9.17) is 9.47 Å². The fraction of sp³-hybridized carbons (Fsp3) is 0.241. The second-order valence-corrected chi connectivity index (χ2v) is 9.46. The van der Waals surface area contributed by atoms with Crippen LogP contribution in [0.4, 0.5) is 5.00 Å². The van der Waals surface area contributed by atoms with Gasteiger partial charge >= 0.3 is 11.9 Å². The molecular weight excluding hydrogens is 488 g/mol. The van der Waals surface area contributed by atoms with Crippen LogP contribution in [0, 0.1) is 6.92 Å². The Morgan fingerprint density at radius 2 is 1.70 bits per heavy atom. The summed E-state index contributed by atoms with van der Waals surface area (Å²) in [5.41, 5.74) is 3.78. The van der Waals surface area contributed by atoms with Crippen LogP contribution in [-0.4, -0.2) is 35.5 Å². The molecule has 0 aliphatic rings. The Hall–Kier alpha value is -4.04. The van der Waals surface area contributed by atoms with Crippen LogP contribution in [0.25, 0.3) is 21.3 Å². The molecule has 0 aliphatic heterocycles. The van der Waals surface area contributed by atoms with Crippen LogP contribution in [0.1, 0.15) is 52.7 Å². The fourth-order valence-electron chi connectivity index (χ4n) is 4.04. The van der Waals surface area contributed by atoms with Crippen molar-refractivity contribution in [2.24, 2.45) is 0 Å². The van der Waals surface area contributed by atoms with Gasteiger partial charge in [-0.25, -0.2) is 9.59 Å². The van der Waals surface area contributed by atoms with E-state index in [-0.39, 0.29) is 12.2 Å². The molecule has 0 spiro atoms. The molecular formula is C29H28N2O5S. The van der Waals surface area contributed by atoms with Crippen LogP contribution in [-0.2, 0) is 20.7 Å². The number of hydrogen-bond acceptors (Lipinski definition) is 7. The number of nitrogens with zero attached hydrogens (tertiary/aromatic N) is 1. The van der Waals surface area contributed by atoms with Gasteiger partial charge in [-0.1, -0.05) is 55.5 Å². The second kappa shape index (κ2) is 11.3. The van der Waals surface area contributed by atoms with Crippen molar-refractivity contribution < 1.29 is 23.9 Å². The molecule has 37 heavy (non-hydrogen) atoms. The van der Waals surface area contributed by atoms with E-state index in [1.54, 1.807) is 13.0 Å². The first-order valence-corrected chi connectivity index (χ1v) is 12.9. The lowest BCUT2D eigenvalue weighted by Crippen LogP contribution is -2.30. The highest BCUT2D eigenvalue weighted by molar-refractivity contribution is 7.20. The van der Waals surface area contributed by atoms with E-state index < -0.39 is 23.9 Å². The maximum Gasteiger partial charge on any atom is 0.341 e. The third-order valence-corrected chi connectivity index (χ3v) is 7.05. The smallest absolute Gasteiger partial charge is 0.341 e. The van der Waals surface area contributed by atoms with E-state index in [0.29, 0.717) is 27.9 Å². The predicted octanol–water partition coefficient (Wildman–Crippen LogP) is 6.19. The van der Waals surface area contributed by atoms with Gasteiger partial charge in [0.25, 0.3) is 5.91 Å². The Morgan fingerprint density at radius 1 is 1.00 bits per heavy atom. The minimum atomic E-state index is -1.11. The summed E-state index contributed by atoms with van der Waals surface area (Å²) in [6.45, 7) is 7.23. The minimum Gasteiger partial charge on any atom is -0.462 e. The van der Waals surface area contributed by atoms with E-state index in [1.165, 1.54) is 18.3 Å². The largest absolute Gasteiger partial charge is 0.462 e. The molecule has 4 rings (SSSR count). The van der Waals surface area contributed by atoms with Gasteiger partial charge in [0, 0.05) is 16.0 Å². The molecule has 0 unspecified atom stereocenters. The Labute approximate surface area is 219 Å². The molecule has 0 bridgehead atoms. The number of aromatic nitrogens is 1. The quantitative estimate of drug-likeness (QED) is 0.281. The first-order chi connectivity index (χ1) is 17.8. The number of esters is 2. The number of hydrogen-bond donors (Lipinski definition) is 1. The van der Waals surface area contributed by atoms with Gasteiger partial charge in [0.05, 0.1) is 23.3 Å². The molecule has 1 amide bonds. The molecule has 0 saturated heterocycles. The van der Waals surface area contributed by atoms with E-state index in [1.807, 2.05) is 68.4 Å². The molecule has 0 aliphatic carbocycles. The van der Waals surface area contributed by atoms with Crippen molar-refractivity contribution in [2.45, 2.75) is 40.2 Å². The summed E-state index contributed by atoms with van der Waals surface area (Å²) in [5.74, 6) is -1.69. The normalized spacial score (nSPS) is 11.7. The predicted molar refractivity (Wildman–Crippen MR) is 145 cm³/mol. The van der Waals surface area contributed by atoms with Crippen molar-refractivity contribution in [2.75, 3.05) is 11.9 Å². The van der Waals surface area contributed by atoms with Gasteiger partial charge in [0.15, 0.2) is 6.10 Å². The monoisotopic (exact) mass is 516 g/mol. The standard InChI is InChI=1S/C29H28N2O5S/c1-5-22-17(3)25(20-14-10-11-15-23(20)30-22)29(34)36-18(4)26(32)31-27-21(28(33)35-6-2)16-24(37-27)19-12-8-7-9-13-19/h7-16,18H,5-6H2,1-4H3,(H,31,32)/t18-/m0/s1. The number of fused-ring (bicyclic) bond motifs is 1. The Balaban J connectivity index is 1.58. The van der Waals surface area contributed by atoms with Gasteiger partial charge in [-0.3, -0.25) is 9.78 Å².